The number of rotatable bonds is 5. The maximum Gasteiger partial charge on any atom is 0.327 e. The summed E-state index contributed by atoms with van der Waals surface area (Å²) in [5.74, 6) is -0.339. The second-order valence-electron chi connectivity index (χ2n) is 5.41. The van der Waals surface area contributed by atoms with Gasteiger partial charge in [-0.3, -0.25) is 4.79 Å². The van der Waals surface area contributed by atoms with E-state index in [-0.39, 0.29) is 18.3 Å². The zero-order valence-corrected chi connectivity index (χ0v) is 12.2. The van der Waals surface area contributed by atoms with Crippen LogP contribution in [0.1, 0.15) is 39.0 Å². The van der Waals surface area contributed by atoms with E-state index in [0.29, 0.717) is 26.1 Å². The van der Waals surface area contributed by atoms with Crippen LogP contribution in [0.15, 0.2) is 0 Å². The van der Waals surface area contributed by atoms with Crippen molar-refractivity contribution in [3.63, 3.8) is 0 Å². The molecular formula is C13H22O5S. The highest BCUT2D eigenvalue weighted by molar-refractivity contribution is 7.93. The minimum atomic E-state index is -3.44. The van der Waals surface area contributed by atoms with Crippen molar-refractivity contribution in [1.82, 2.24) is 0 Å². The highest BCUT2D eigenvalue weighted by atomic mass is 32.2. The van der Waals surface area contributed by atoms with Crippen molar-refractivity contribution in [2.45, 2.75) is 43.8 Å². The summed E-state index contributed by atoms with van der Waals surface area (Å²) in [6.45, 7) is 3.17. The third-order valence-electron chi connectivity index (χ3n) is 4.20. The fraction of sp³-hybridized carbons (Fsp3) is 0.923. The van der Waals surface area contributed by atoms with Crippen molar-refractivity contribution in [3.05, 3.63) is 0 Å². The molecule has 0 unspecified atom stereocenters. The van der Waals surface area contributed by atoms with Gasteiger partial charge in [0, 0.05) is 13.2 Å². The van der Waals surface area contributed by atoms with Crippen molar-refractivity contribution in [2.75, 3.05) is 25.6 Å². The minimum absolute atomic E-state index is 0.0924. The first kappa shape index (κ1) is 14.8. The summed E-state index contributed by atoms with van der Waals surface area (Å²) in [7, 11) is -3.44. The standard InChI is InChI=1S/C13H22O5S/c1-2-18-12(14)13(6-3-7-13)19(15,16)10-11-4-8-17-9-5-11/h11H,2-10H2,1H3. The molecule has 1 aliphatic heterocycles. The van der Waals surface area contributed by atoms with Crippen LogP contribution in [0.25, 0.3) is 0 Å². The van der Waals surface area contributed by atoms with Crippen LogP contribution in [0, 0.1) is 5.92 Å². The van der Waals surface area contributed by atoms with E-state index < -0.39 is 20.6 Å². The molecule has 0 bridgehead atoms. The van der Waals surface area contributed by atoms with Gasteiger partial charge in [-0.2, -0.15) is 0 Å². The average Bonchev–Trinajstić information content (AvgIpc) is 2.27. The van der Waals surface area contributed by atoms with E-state index in [2.05, 4.69) is 0 Å². The van der Waals surface area contributed by atoms with Crippen LogP contribution in [0.4, 0.5) is 0 Å². The fourth-order valence-corrected chi connectivity index (χ4v) is 5.28. The van der Waals surface area contributed by atoms with Crippen LogP contribution in [0.5, 0.6) is 0 Å². The number of hydrogen-bond donors (Lipinski definition) is 0. The Morgan fingerprint density at radius 1 is 1.32 bits per heavy atom. The molecule has 1 heterocycles. The Bertz CT molecular complexity index is 418. The lowest BCUT2D eigenvalue weighted by atomic mass is 9.84. The first-order valence-electron chi connectivity index (χ1n) is 6.99. The number of ether oxygens (including phenoxy) is 2. The topological polar surface area (TPSA) is 69.7 Å². The van der Waals surface area contributed by atoms with Gasteiger partial charge in [0.05, 0.1) is 12.4 Å². The highest BCUT2D eigenvalue weighted by Crippen LogP contribution is 2.42. The number of carbonyl (C=O) groups is 1. The smallest absolute Gasteiger partial charge is 0.327 e. The molecule has 0 aromatic carbocycles. The van der Waals surface area contributed by atoms with E-state index in [1.165, 1.54) is 0 Å². The second kappa shape index (κ2) is 5.79. The van der Waals surface area contributed by atoms with E-state index in [9.17, 15) is 13.2 Å². The van der Waals surface area contributed by atoms with Gasteiger partial charge in [-0.05, 0) is 44.9 Å². The molecule has 0 radical (unpaired) electrons. The molecule has 2 rings (SSSR count). The molecular weight excluding hydrogens is 268 g/mol. The van der Waals surface area contributed by atoms with E-state index in [4.69, 9.17) is 9.47 Å². The molecule has 0 aromatic rings. The lowest BCUT2D eigenvalue weighted by Crippen LogP contribution is -2.54. The monoisotopic (exact) mass is 290 g/mol. The molecule has 2 aliphatic rings. The summed E-state index contributed by atoms with van der Waals surface area (Å²) in [5, 5.41) is 0. The van der Waals surface area contributed by atoms with Gasteiger partial charge in [-0.25, -0.2) is 8.42 Å². The summed E-state index contributed by atoms with van der Waals surface area (Å²) in [6.07, 6.45) is 3.14. The van der Waals surface area contributed by atoms with Crippen LogP contribution < -0.4 is 0 Å². The molecule has 5 nitrogen and oxygen atoms in total. The molecule has 0 N–H and O–H groups in total. The third kappa shape index (κ3) is 2.79. The average molecular weight is 290 g/mol. The van der Waals surface area contributed by atoms with Crippen LogP contribution in [0.2, 0.25) is 0 Å². The number of hydrogen-bond acceptors (Lipinski definition) is 5. The van der Waals surface area contributed by atoms with Crippen molar-refractivity contribution < 1.29 is 22.7 Å². The lowest BCUT2D eigenvalue weighted by molar-refractivity contribution is -0.148. The molecule has 1 saturated carbocycles. The molecule has 1 saturated heterocycles. The molecule has 0 amide bonds. The normalized spacial score (nSPS) is 23.6. The number of esters is 1. The van der Waals surface area contributed by atoms with E-state index >= 15 is 0 Å². The lowest BCUT2D eigenvalue weighted by Gasteiger charge is -2.39. The highest BCUT2D eigenvalue weighted by Gasteiger charge is 2.56. The minimum Gasteiger partial charge on any atom is -0.465 e. The van der Waals surface area contributed by atoms with Gasteiger partial charge < -0.3 is 9.47 Å². The van der Waals surface area contributed by atoms with Crippen LogP contribution in [-0.2, 0) is 24.1 Å². The Hall–Kier alpha value is -0.620. The van der Waals surface area contributed by atoms with Gasteiger partial charge in [0.15, 0.2) is 14.6 Å². The summed E-state index contributed by atoms with van der Waals surface area (Å²) < 4.78 is 34.1. The molecule has 0 aromatic heterocycles. The van der Waals surface area contributed by atoms with E-state index in [1.54, 1.807) is 6.92 Å². The van der Waals surface area contributed by atoms with E-state index in [1.807, 2.05) is 0 Å². The number of carbonyl (C=O) groups excluding carboxylic acids is 1. The predicted octanol–water partition coefficient (Wildman–Crippen LogP) is 1.31. The molecule has 6 heteroatoms. The van der Waals surface area contributed by atoms with Crippen molar-refractivity contribution in [3.8, 4) is 0 Å². The van der Waals surface area contributed by atoms with Gasteiger partial charge in [-0.15, -0.1) is 0 Å². The van der Waals surface area contributed by atoms with Gasteiger partial charge in [0.1, 0.15) is 0 Å². The summed E-state index contributed by atoms with van der Waals surface area (Å²) in [6, 6.07) is 0. The maximum absolute atomic E-state index is 12.6. The van der Waals surface area contributed by atoms with Crippen LogP contribution in [-0.4, -0.2) is 44.7 Å². The molecule has 2 fully saturated rings. The number of sulfone groups is 1. The summed E-state index contributed by atoms with van der Waals surface area (Å²) in [4.78, 5) is 12.0. The van der Waals surface area contributed by atoms with Crippen molar-refractivity contribution in [2.24, 2.45) is 5.92 Å². The Morgan fingerprint density at radius 2 is 1.95 bits per heavy atom. The Labute approximate surface area is 114 Å². The predicted molar refractivity (Wildman–Crippen MR) is 70.5 cm³/mol. The molecule has 1 aliphatic carbocycles. The first-order chi connectivity index (χ1) is 9.02. The Balaban J connectivity index is 2.09. The largest absolute Gasteiger partial charge is 0.465 e. The molecule has 110 valence electrons. The summed E-state index contributed by atoms with van der Waals surface area (Å²) >= 11 is 0. The molecule has 19 heavy (non-hydrogen) atoms. The van der Waals surface area contributed by atoms with Crippen molar-refractivity contribution >= 4 is 15.8 Å². The maximum atomic E-state index is 12.6. The van der Waals surface area contributed by atoms with Gasteiger partial charge in [0.2, 0.25) is 0 Å². The fourth-order valence-electron chi connectivity index (χ4n) is 2.79. The summed E-state index contributed by atoms with van der Waals surface area (Å²) in [5.41, 5.74) is 0. The molecule has 0 spiro atoms. The first-order valence-corrected chi connectivity index (χ1v) is 8.64. The second-order valence-corrected chi connectivity index (χ2v) is 7.75. The molecule has 0 atom stereocenters. The van der Waals surface area contributed by atoms with Crippen LogP contribution in [0.3, 0.4) is 0 Å². The quantitative estimate of drug-likeness (QED) is 0.714. The van der Waals surface area contributed by atoms with Crippen molar-refractivity contribution in [1.29, 1.82) is 0 Å². The Kier molecular flexibility index (Phi) is 4.50. The zero-order valence-electron chi connectivity index (χ0n) is 11.4. The van der Waals surface area contributed by atoms with Crippen LogP contribution >= 0.6 is 0 Å². The third-order valence-corrected chi connectivity index (χ3v) is 6.88. The van der Waals surface area contributed by atoms with Gasteiger partial charge in [-0.1, -0.05) is 0 Å². The zero-order chi connectivity index (χ0) is 13.9. The van der Waals surface area contributed by atoms with Gasteiger partial charge in [0.25, 0.3) is 0 Å². The van der Waals surface area contributed by atoms with E-state index in [0.717, 1.165) is 19.3 Å². The Morgan fingerprint density at radius 3 is 2.42 bits per heavy atom. The van der Waals surface area contributed by atoms with Gasteiger partial charge >= 0.3 is 5.97 Å². The SMILES string of the molecule is CCOC(=O)C1(S(=O)(=O)CC2CCOCC2)CCC1.